The van der Waals surface area contributed by atoms with Crippen molar-refractivity contribution < 1.29 is 0 Å². The molecule has 0 bridgehead atoms. The van der Waals surface area contributed by atoms with Gasteiger partial charge in [0.25, 0.3) is 5.56 Å². The molecule has 2 aromatic heterocycles. The third-order valence-electron chi connectivity index (χ3n) is 2.37. The van der Waals surface area contributed by atoms with E-state index in [0.717, 1.165) is 5.69 Å². The van der Waals surface area contributed by atoms with Gasteiger partial charge in [-0.2, -0.15) is 0 Å². The van der Waals surface area contributed by atoms with Gasteiger partial charge in [-0.15, -0.1) is 0 Å². The Balaban J connectivity index is 2.52. The number of nitrogens with zero attached hydrogens (tertiary/aromatic N) is 3. The quantitative estimate of drug-likeness (QED) is 0.842. The highest BCUT2D eigenvalue weighted by Crippen LogP contribution is 2.17. The maximum Gasteiger partial charge on any atom is 0.251 e. The molecule has 0 aliphatic heterocycles. The molecular weight excluding hydrogens is 216 g/mol. The highest BCUT2D eigenvalue weighted by molar-refractivity contribution is 5.58. The van der Waals surface area contributed by atoms with Crippen LogP contribution in [0.3, 0.4) is 0 Å². The zero-order valence-electron chi connectivity index (χ0n) is 10.1. The van der Waals surface area contributed by atoms with Crippen LogP contribution >= 0.6 is 0 Å². The number of aryl methyl sites for hydroxylation is 1. The first-order valence-corrected chi connectivity index (χ1v) is 5.28. The van der Waals surface area contributed by atoms with E-state index in [-0.39, 0.29) is 5.56 Å². The van der Waals surface area contributed by atoms with E-state index in [2.05, 4.69) is 15.0 Å². The predicted molar refractivity (Wildman–Crippen MR) is 67.2 cm³/mol. The van der Waals surface area contributed by atoms with Crippen LogP contribution in [0.25, 0.3) is 11.5 Å². The summed E-state index contributed by atoms with van der Waals surface area (Å²) in [5.41, 5.74) is 2.20. The molecule has 5 heteroatoms. The van der Waals surface area contributed by atoms with Gasteiger partial charge in [0.1, 0.15) is 5.69 Å². The molecule has 0 saturated carbocycles. The molecule has 0 unspecified atom stereocenters. The first-order valence-electron chi connectivity index (χ1n) is 5.28. The maximum absolute atomic E-state index is 11.4. The van der Waals surface area contributed by atoms with Crippen molar-refractivity contribution in [3.05, 3.63) is 40.4 Å². The predicted octanol–water partition coefficient (Wildman–Crippen LogP) is 1.21. The number of aromatic nitrogens is 3. The Morgan fingerprint density at radius 3 is 2.71 bits per heavy atom. The molecule has 1 N–H and O–H groups in total. The van der Waals surface area contributed by atoms with Gasteiger partial charge in [0.15, 0.2) is 5.82 Å². The average molecular weight is 230 g/mol. The number of anilines is 1. The molecule has 2 rings (SSSR count). The lowest BCUT2D eigenvalue weighted by molar-refractivity contribution is 1.05. The van der Waals surface area contributed by atoms with Crippen LogP contribution in [0.1, 0.15) is 5.69 Å². The second kappa shape index (κ2) is 4.37. The van der Waals surface area contributed by atoms with Gasteiger partial charge >= 0.3 is 0 Å². The summed E-state index contributed by atoms with van der Waals surface area (Å²) in [4.78, 5) is 24.5. The largest absolute Gasteiger partial charge is 0.378 e. The number of rotatable bonds is 2. The number of nitrogens with one attached hydrogen (secondary N) is 1. The molecule has 0 spiro atoms. The fraction of sp³-hybridized carbons (Fsp3) is 0.250. The van der Waals surface area contributed by atoms with Crippen LogP contribution < -0.4 is 10.5 Å². The molecule has 17 heavy (non-hydrogen) atoms. The third-order valence-corrected chi connectivity index (χ3v) is 2.37. The lowest BCUT2D eigenvalue weighted by atomic mass is 10.3. The molecule has 2 heterocycles. The van der Waals surface area contributed by atoms with E-state index in [9.17, 15) is 4.79 Å². The van der Waals surface area contributed by atoms with Crippen LogP contribution in [0.2, 0.25) is 0 Å². The van der Waals surface area contributed by atoms with Gasteiger partial charge in [0.05, 0.1) is 0 Å². The van der Waals surface area contributed by atoms with E-state index in [1.54, 1.807) is 13.1 Å². The van der Waals surface area contributed by atoms with Gasteiger partial charge in [-0.25, -0.2) is 4.98 Å². The lowest BCUT2D eigenvalue weighted by Crippen LogP contribution is -2.11. The summed E-state index contributed by atoms with van der Waals surface area (Å²) in [6, 6.07) is 5.24. The second-order valence-electron chi connectivity index (χ2n) is 4.03. The van der Waals surface area contributed by atoms with Crippen LogP contribution in [0.15, 0.2) is 29.2 Å². The Morgan fingerprint density at radius 1 is 1.29 bits per heavy atom. The summed E-state index contributed by atoms with van der Waals surface area (Å²) in [5, 5.41) is 0. The summed E-state index contributed by atoms with van der Waals surface area (Å²) in [6.45, 7) is 1.79. The number of aromatic amines is 1. The Morgan fingerprint density at radius 2 is 2.06 bits per heavy atom. The van der Waals surface area contributed by atoms with E-state index < -0.39 is 0 Å². The number of H-pyrrole nitrogens is 1. The molecule has 0 atom stereocenters. The Bertz CT molecular complexity index is 589. The molecule has 0 aliphatic rings. The van der Waals surface area contributed by atoms with Crippen LogP contribution in [0.4, 0.5) is 5.69 Å². The molecule has 88 valence electrons. The molecule has 0 aromatic carbocycles. The summed E-state index contributed by atoms with van der Waals surface area (Å²) in [5.74, 6) is 0.499. The number of pyridine rings is 1. The molecule has 5 nitrogen and oxygen atoms in total. The fourth-order valence-corrected chi connectivity index (χ4v) is 1.53. The van der Waals surface area contributed by atoms with Crippen molar-refractivity contribution in [1.29, 1.82) is 0 Å². The Kier molecular flexibility index (Phi) is 2.91. The first kappa shape index (κ1) is 11.3. The summed E-state index contributed by atoms with van der Waals surface area (Å²) in [7, 11) is 3.90. The standard InChI is InChI=1S/C12H14N4O/c1-8-6-11(17)15-12(14-8)10-7-9(16(2)3)4-5-13-10/h4-7H,1-3H3,(H,14,15,17). The van der Waals surface area contributed by atoms with Crippen molar-refractivity contribution in [2.24, 2.45) is 0 Å². The topological polar surface area (TPSA) is 61.9 Å². The summed E-state index contributed by atoms with van der Waals surface area (Å²) < 4.78 is 0. The maximum atomic E-state index is 11.4. The minimum Gasteiger partial charge on any atom is -0.378 e. The van der Waals surface area contributed by atoms with Crippen molar-refractivity contribution in [2.45, 2.75) is 6.92 Å². The van der Waals surface area contributed by atoms with E-state index in [4.69, 9.17) is 0 Å². The zero-order chi connectivity index (χ0) is 12.4. The van der Waals surface area contributed by atoms with Crippen LogP contribution in [-0.4, -0.2) is 29.0 Å². The molecule has 0 aliphatic carbocycles. The Hall–Kier alpha value is -2.17. The van der Waals surface area contributed by atoms with Crippen LogP contribution in [-0.2, 0) is 0 Å². The van der Waals surface area contributed by atoms with Crippen LogP contribution in [0.5, 0.6) is 0 Å². The molecule has 0 amide bonds. The number of hydrogen-bond donors (Lipinski definition) is 1. The van der Waals surface area contributed by atoms with E-state index in [1.807, 2.05) is 31.1 Å². The van der Waals surface area contributed by atoms with Gasteiger partial charge < -0.3 is 9.88 Å². The molecule has 2 aromatic rings. The lowest BCUT2D eigenvalue weighted by Gasteiger charge is -2.12. The normalized spacial score (nSPS) is 10.3. The Labute approximate surface area is 99.2 Å². The zero-order valence-corrected chi connectivity index (χ0v) is 10.1. The van der Waals surface area contributed by atoms with E-state index in [0.29, 0.717) is 17.2 Å². The molecular formula is C12H14N4O. The van der Waals surface area contributed by atoms with Gasteiger partial charge in [-0.1, -0.05) is 0 Å². The van der Waals surface area contributed by atoms with Crippen LogP contribution in [0, 0.1) is 6.92 Å². The van der Waals surface area contributed by atoms with Gasteiger partial charge in [0, 0.05) is 37.7 Å². The monoisotopic (exact) mass is 230 g/mol. The van der Waals surface area contributed by atoms with Gasteiger partial charge in [-0.3, -0.25) is 9.78 Å². The van der Waals surface area contributed by atoms with E-state index in [1.165, 1.54) is 6.07 Å². The van der Waals surface area contributed by atoms with Crippen molar-refractivity contribution in [1.82, 2.24) is 15.0 Å². The molecule has 0 saturated heterocycles. The molecule has 0 fully saturated rings. The van der Waals surface area contributed by atoms with Gasteiger partial charge in [0.2, 0.25) is 0 Å². The minimum atomic E-state index is -0.162. The van der Waals surface area contributed by atoms with E-state index >= 15 is 0 Å². The van der Waals surface area contributed by atoms with Crippen molar-refractivity contribution in [3.63, 3.8) is 0 Å². The average Bonchev–Trinajstić information content (AvgIpc) is 2.28. The van der Waals surface area contributed by atoms with Crippen molar-refractivity contribution in [2.75, 3.05) is 19.0 Å². The van der Waals surface area contributed by atoms with Crippen molar-refractivity contribution >= 4 is 5.69 Å². The summed E-state index contributed by atoms with van der Waals surface area (Å²) >= 11 is 0. The summed E-state index contributed by atoms with van der Waals surface area (Å²) in [6.07, 6.45) is 1.70. The van der Waals surface area contributed by atoms with Crippen molar-refractivity contribution in [3.8, 4) is 11.5 Å². The minimum absolute atomic E-state index is 0.162. The first-order chi connectivity index (χ1) is 8.06. The third kappa shape index (κ3) is 2.50. The SMILES string of the molecule is Cc1cc(=O)[nH]c(-c2cc(N(C)C)ccn2)n1. The molecule has 0 radical (unpaired) electrons. The fourth-order valence-electron chi connectivity index (χ4n) is 1.53. The number of hydrogen-bond acceptors (Lipinski definition) is 4. The second-order valence-corrected chi connectivity index (χ2v) is 4.03. The highest BCUT2D eigenvalue weighted by Gasteiger charge is 2.05. The smallest absolute Gasteiger partial charge is 0.251 e. The van der Waals surface area contributed by atoms with Gasteiger partial charge in [-0.05, 0) is 19.1 Å². The highest BCUT2D eigenvalue weighted by atomic mass is 16.1.